The molecule has 0 amide bonds. The molecule has 1 atom stereocenters. The molecule has 1 unspecified atom stereocenters. The van der Waals surface area contributed by atoms with E-state index < -0.39 is 6.10 Å². The first-order valence-electron chi connectivity index (χ1n) is 6.91. The average Bonchev–Trinajstić information content (AvgIpc) is 2.54. The molecule has 2 N–H and O–H groups in total. The van der Waals surface area contributed by atoms with Crippen LogP contribution >= 0.6 is 0 Å². The molecule has 0 aliphatic carbocycles. The summed E-state index contributed by atoms with van der Waals surface area (Å²) >= 11 is 0. The van der Waals surface area contributed by atoms with Gasteiger partial charge in [-0.05, 0) is 11.6 Å². The predicted octanol–water partition coefficient (Wildman–Crippen LogP) is 2.14. The van der Waals surface area contributed by atoms with Crippen LogP contribution in [0.5, 0.6) is 5.75 Å². The smallest absolute Gasteiger partial charge is 0.124 e. The van der Waals surface area contributed by atoms with Crippen LogP contribution in [0.4, 0.5) is 0 Å². The van der Waals surface area contributed by atoms with Gasteiger partial charge in [-0.1, -0.05) is 48.5 Å². The van der Waals surface area contributed by atoms with Crippen LogP contribution in [0.1, 0.15) is 11.1 Å². The molecule has 2 aromatic carbocycles. The van der Waals surface area contributed by atoms with E-state index in [4.69, 9.17) is 9.47 Å². The van der Waals surface area contributed by atoms with Crippen molar-refractivity contribution in [3.63, 3.8) is 0 Å². The van der Waals surface area contributed by atoms with Crippen molar-refractivity contribution in [3.8, 4) is 5.75 Å². The fourth-order valence-electron chi connectivity index (χ4n) is 1.90. The molecule has 0 aromatic heterocycles. The van der Waals surface area contributed by atoms with Gasteiger partial charge in [-0.3, -0.25) is 0 Å². The Balaban J connectivity index is 1.71. The molecule has 4 nitrogen and oxygen atoms in total. The summed E-state index contributed by atoms with van der Waals surface area (Å²) in [5.74, 6) is 0.585. The van der Waals surface area contributed by atoms with E-state index in [1.807, 2.05) is 42.5 Å². The Labute approximate surface area is 124 Å². The molecule has 0 fully saturated rings. The van der Waals surface area contributed by atoms with Gasteiger partial charge in [-0.25, -0.2) is 0 Å². The van der Waals surface area contributed by atoms with Crippen molar-refractivity contribution in [3.05, 3.63) is 65.7 Å². The van der Waals surface area contributed by atoms with E-state index in [-0.39, 0.29) is 19.8 Å². The molecule has 0 heterocycles. The molecule has 0 bridgehead atoms. The molecule has 21 heavy (non-hydrogen) atoms. The fraction of sp³-hybridized carbons (Fsp3) is 0.294. The molecule has 0 saturated carbocycles. The number of rotatable bonds is 8. The van der Waals surface area contributed by atoms with Gasteiger partial charge in [0, 0.05) is 5.56 Å². The minimum Gasteiger partial charge on any atom is -0.490 e. The van der Waals surface area contributed by atoms with Crippen LogP contribution in [0.3, 0.4) is 0 Å². The van der Waals surface area contributed by atoms with Gasteiger partial charge >= 0.3 is 0 Å². The lowest BCUT2D eigenvalue weighted by Crippen LogP contribution is -2.23. The average molecular weight is 288 g/mol. The van der Waals surface area contributed by atoms with E-state index in [1.54, 1.807) is 12.1 Å². The van der Waals surface area contributed by atoms with Crippen LogP contribution in [-0.4, -0.2) is 29.5 Å². The third kappa shape index (κ3) is 5.19. The van der Waals surface area contributed by atoms with Gasteiger partial charge in [0.2, 0.25) is 0 Å². The van der Waals surface area contributed by atoms with Crippen molar-refractivity contribution in [1.82, 2.24) is 0 Å². The lowest BCUT2D eigenvalue weighted by atomic mass is 10.2. The molecule has 2 aromatic rings. The minimum absolute atomic E-state index is 0.0865. The summed E-state index contributed by atoms with van der Waals surface area (Å²) < 4.78 is 10.9. The number of hydrogen-bond acceptors (Lipinski definition) is 4. The Morgan fingerprint density at radius 1 is 0.905 bits per heavy atom. The van der Waals surface area contributed by atoms with E-state index in [2.05, 4.69) is 0 Å². The topological polar surface area (TPSA) is 58.9 Å². The molecule has 0 radical (unpaired) electrons. The van der Waals surface area contributed by atoms with Crippen molar-refractivity contribution in [2.24, 2.45) is 0 Å². The number of benzene rings is 2. The lowest BCUT2D eigenvalue weighted by Gasteiger charge is -2.14. The largest absolute Gasteiger partial charge is 0.490 e. The highest BCUT2D eigenvalue weighted by atomic mass is 16.5. The number of hydrogen-bond donors (Lipinski definition) is 2. The third-order valence-corrected chi connectivity index (χ3v) is 3.00. The Morgan fingerprint density at radius 3 is 2.38 bits per heavy atom. The summed E-state index contributed by atoms with van der Waals surface area (Å²) in [7, 11) is 0. The normalized spacial score (nSPS) is 12.1. The van der Waals surface area contributed by atoms with Gasteiger partial charge in [-0.15, -0.1) is 0 Å². The molecule has 0 aliphatic rings. The van der Waals surface area contributed by atoms with Crippen LogP contribution < -0.4 is 4.74 Å². The summed E-state index contributed by atoms with van der Waals surface area (Å²) in [5, 5.41) is 19.0. The van der Waals surface area contributed by atoms with Crippen LogP contribution in [0.2, 0.25) is 0 Å². The Kier molecular flexibility index (Phi) is 6.22. The highest BCUT2D eigenvalue weighted by molar-refractivity contribution is 5.32. The molecule has 0 saturated heterocycles. The Bertz CT molecular complexity index is 527. The zero-order chi connectivity index (χ0) is 14.9. The number of para-hydroxylation sites is 1. The molecule has 0 aliphatic heterocycles. The lowest BCUT2D eigenvalue weighted by molar-refractivity contribution is 0.00515. The van der Waals surface area contributed by atoms with Gasteiger partial charge < -0.3 is 19.7 Å². The van der Waals surface area contributed by atoms with Crippen molar-refractivity contribution in [1.29, 1.82) is 0 Å². The number of aliphatic hydroxyl groups is 2. The fourth-order valence-corrected chi connectivity index (χ4v) is 1.90. The summed E-state index contributed by atoms with van der Waals surface area (Å²) in [4.78, 5) is 0. The second kappa shape index (κ2) is 8.42. The first-order chi connectivity index (χ1) is 10.3. The zero-order valence-corrected chi connectivity index (χ0v) is 11.8. The van der Waals surface area contributed by atoms with Crippen LogP contribution in [0.15, 0.2) is 54.6 Å². The summed E-state index contributed by atoms with van der Waals surface area (Å²) in [5.41, 5.74) is 1.77. The van der Waals surface area contributed by atoms with E-state index in [9.17, 15) is 10.2 Å². The third-order valence-electron chi connectivity index (χ3n) is 3.00. The van der Waals surface area contributed by atoms with E-state index >= 15 is 0 Å². The molecule has 2 rings (SSSR count). The van der Waals surface area contributed by atoms with Crippen LogP contribution in [-0.2, 0) is 18.0 Å². The van der Waals surface area contributed by atoms with Gasteiger partial charge in [0.1, 0.15) is 18.5 Å². The molecule has 112 valence electrons. The highest BCUT2D eigenvalue weighted by Gasteiger charge is 2.08. The maximum atomic E-state index is 9.84. The Hall–Kier alpha value is -1.88. The monoisotopic (exact) mass is 288 g/mol. The number of ether oxygens (including phenoxy) is 2. The van der Waals surface area contributed by atoms with E-state index in [1.165, 1.54) is 0 Å². The maximum absolute atomic E-state index is 9.84. The SMILES string of the molecule is OCc1ccccc1OCC(O)COCc1ccccc1. The molecule has 4 heteroatoms. The number of aliphatic hydroxyl groups excluding tert-OH is 2. The molecular weight excluding hydrogens is 268 g/mol. The quantitative estimate of drug-likeness (QED) is 0.781. The summed E-state index contributed by atoms with van der Waals surface area (Å²) in [6.07, 6.45) is -0.708. The first kappa shape index (κ1) is 15.5. The van der Waals surface area contributed by atoms with Crippen LogP contribution in [0.25, 0.3) is 0 Å². The standard InChI is InChI=1S/C17H20O4/c18-10-15-8-4-5-9-17(15)21-13-16(19)12-20-11-14-6-2-1-3-7-14/h1-9,16,18-19H,10-13H2. The molecular formula is C17H20O4. The summed E-state index contributed by atoms with van der Waals surface area (Å²) in [6, 6.07) is 17.0. The first-order valence-corrected chi connectivity index (χ1v) is 6.91. The predicted molar refractivity (Wildman–Crippen MR) is 80.0 cm³/mol. The second-order valence-corrected chi connectivity index (χ2v) is 4.73. The summed E-state index contributed by atoms with van der Waals surface area (Å²) in [6.45, 7) is 0.712. The van der Waals surface area contributed by atoms with Gasteiger partial charge in [0.15, 0.2) is 0 Å². The zero-order valence-electron chi connectivity index (χ0n) is 11.8. The van der Waals surface area contributed by atoms with Crippen molar-refractivity contribution >= 4 is 0 Å². The van der Waals surface area contributed by atoms with Gasteiger partial charge in [0.05, 0.1) is 19.8 Å². The highest BCUT2D eigenvalue weighted by Crippen LogP contribution is 2.17. The minimum atomic E-state index is -0.708. The van der Waals surface area contributed by atoms with Crippen molar-refractivity contribution < 1.29 is 19.7 Å². The van der Waals surface area contributed by atoms with Gasteiger partial charge in [-0.2, -0.15) is 0 Å². The Morgan fingerprint density at radius 2 is 1.62 bits per heavy atom. The van der Waals surface area contributed by atoms with E-state index in [0.29, 0.717) is 17.9 Å². The van der Waals surface area contributed by atoms with Crippen molar-refractivity contribution in [2.75, 3.05) is 13.2 Å². The van der Waals surface area contributed by atoms with E-state index in [0.717, 1.165) is 5.56 Å². The molecule has 0 spiro atoms. The maximum Gasteiger partial charge on any atom is 0.124 e. The van der Waals surface area contributed by atoms with Gasteiger partial charge in [0.25, 0.3) is 0 Å². The van der Waals surface area contributed by atoms with Crippen LogP contribution in [0, 0.1) is 0 Å². The van der Waals surface area contributed by atoms with Crippen molar-refractivity contribution in [2.45, 2.75) is 19.3 Å². The second-order valence-electron chi connectivity index (χ2n) is 4.73.